The van der Waals surface area contributed by atoms with Crippen LogP contribution in [0, 0.1) is 0 Å². The van der Waals surface area contributed by atoms with Crippen molar-refractivity contribution in [1.29, 1.82) is 0 Å². The van der Waals surface area contributed by atoms with Crippen LogP contribution in [-0.4, -0.2) is 31.1 Å². The number of aryl methyl sites for hydroxylation is 1. The average molecular weight is 486 g/mol. The van der Waals surface area contributed by atoms with Crippen molar-refractivity contribution in [3.05, 3.63) is 76.2 Å². The highest BCUT2D eigenvalue weighted by molar-refractivity contribution is 7.17. The molecule has 7 nitrogen and oxygen atoms in total. The fourth-order valence-electron chi connectivity index (χ4n) is 4.53. The Labute approximate surface area is 205 Å². The van der Waals surface area contributed by atoms with E-state index in [0.29, 0.717) is 10.6 Å². The standard InChI is InChI=1S/C27H23N3O4S/c1-34-27(33)23-20-12-6-7-13-22(20)35-26(23)29-24(31)25(32)30-28-15-21-18-10-4-2-8-16(18)14-17-9-3-5-11-19(17)21/h2-5,8-11,14-15H,6-7,12-13H2,1H3,(H,29,31)(H,30,32)/b28-15+. The normalized spacial score (nSPS) is 13.1. The number of hydrogen-bond donors (Lipinski definition) is 2. The molecule has 4 aromatic rings. The molecule has 1 aromatic heterocycles. The first-order valence-electron chi connectivity index (χ1n) is 11.3. The number of ether oxygens (including phenoxy) is 1. The van der Waals surface area contributed by atoms with Crippen LogP contribution in [0.4, 0.5) is 5.00 Å². The Kier molecular flexibility index (Phi) is 6.29. The Hall–Kier alpha value is -4.04. The number of hydrazone groups is 1. The summed E-state index contributed by atoms with van der Waals surface area (Å²) in [4.78, 5) is 38.5. The number of amides is 2. The molecule has 0 unspecified atom stereocenters. The van der Waals surface area contributed by atoms with Crippen LogP contribution in [0.1, 0.15) is 39.2 Å². The molecule has 1 aliphatic rings. The molecule has 0 atom stereocenters. The number of anilines is 1. The highest BCUT2D eigenvalue weighted by Crippen LogP contribution is 2.38. The summed E-state index contributed by atoms with van der Waals surface area (Å²) in [7, 11) is 1.30. The summed E-state index contributed by atoms with van der Waals surface area (Å²) in [6, 6.07) is 17.9. The zero-order valence-corrected chi connectivity index (χ0v) is 19.9. The first-order valence-corrected chi connectivity index (χ1v) is 12.2. The molecule has 1 heterocycles. The van der Waals surface area contributed by atoms with E-state index < -0.39 is 17.8 Å². The third kappa shape index (κ3) is 4.40. The van der Waals surface area contributed by atoms with Gasteiger partial charge in [0.2, 0.25) is 0 Å². The van der Waals surface area contributed by atoms with Gasteiger partial charge in [-0.25, -0.2) is 10.2 Å². The molecule has 8 heteroatoms. The SMILES string of the molecule is COC(=O)c1c(NC(=O)C(=O)N/N=C/c2c3ccccc3cc3ccccc23)sc2c1CCCC2. The number of carbonyl (C=O) groups excluding carboxylic acids is 3. The summed E-state index contributed by atoms with van der Waals surface area (Å²) < 4.78 is 4.92. The van der Waals surface area contributed by atoms with Crippen molar-refractivity contribution in [3.63, 3.8) is 0 Å². The quantitative estimate of drug-likeness (QED) is 0.143. The number of esters is 1. The molecule has 176 valence electrons. The van der Waals surface area contributed by atoms with E-state index in [1.807, 2.05) is 48.5 Å². The van der Waals surface area contributed by atoms with E-state index in [1.54, 1.807) is 6.21 Å². The highest BCUT2D eigenvalue weighted by Gasteiger charge is 2.28. The number of rotatable bonds is 4. The van der Waals surface area contributed by atoms with E-state index in [4.69, 9.17) is 4.74 Å². The van der Waals surface area contributed by atoms with Crippen LogP contribution in [0.3, 0.4) is 0 Å². The van der Waals surface area contributed by atoms with Gasteiger partial charge in [0.05, 0.1) is 18.9 Å². The van der Waals surface area contributed by atoms with Gasteiger partial charge in [-0.3, -0.25) is 9.59 Å². The Morgan fingerprint density at radius 2 is 1.60 bits per heavy atom. The zero-order chi connectivity index (χ0) is 24.4. The smallest absolute Gasteiger partial charge is 0.341 e. The maximum atomic E-state index is 12.6. The van der Waals surface area contributed by atoms with E-state index in [-0.39, 0.29) is 0 Å². The van der Waals surface area contributed by atoms with Crippen molar-refractivity contribution in [2.75, 3.05) is 12.4 Å². The molecule has 3 aromatic carbocycles. The van der Waals surface area contributed by atoms with Crippen molar-refractivity contribution < 1.29 is 19.1 Å². The summed E-state index contributed by atoms with van der Waals surface area (Å²) in [6.07, 6.45) is 5.15. The Bertz CT molecular complexity index is 1450. The highest BCUT2D eigenvalue weighted by atomic mass is 32.1. The van der Waals surface area contributed by atoms with Gasteiger partial charge < -0.3 is 10.1 Å². The van der Waals surface area contributed by atoms with Crippen molar-refractivity contribution in [1.82, 2.24) is 5.43 Å². The van der Waals surface area contributed by atoms with Crippen molar-refractivity contribution in [3.8, 4) is 0 Å². The van der Waals surface area contributed by atoms with Gasteiger partial charge in [-0.2, -0.15) is 5.10 Å². The summed E-state index contributed by atoms with van der Waals surface area (Å²) >= 11 is 1.32. The van der Waals surface area contributed by atoms with E-state index >= 15 is 0 Å². The van der Waals surface area contributed by atoms with Gasteiger partial charge in [0.1, 0.15) is 5.00 Å². The second-order valence-electron chi connectivity index (χ2n) is 8.29. The predicted molar refractivity (Wildman–Crippen MR) is 138 cm³/mol. The molecule has 0 aliphatic heterocycles. The minimum atomic E-state index is -0.923. The largest absolute Gasteiger partial charge is 0.465 e. The Balaban J connectivity index is 1.37. The van der Waals surface area contributed by atoms with Crippen LogP contribution in [-0.2, 0) is 27.2 Å². The molecule has 5 rings (SSSR count). The second-order valence-corrected chi connectivity index (χ2v) is 9.40. The lowest BCUT2D eigenvalue weighted by molar-refractivity contribution is -0.136. The summed E-state index contributed by atoms with van der Waals surface area (Å²) in [5.41, 5.74) is 4.41. The predicted octanol–water partition coefficient (Wildman–Crippen LogP) is 4.81. The van der Waals surface area contributed by atoms with Crippen LogP contribution >= 0.6 is 11.3 Å². The van der Waals surface area contributed by atoms with Crippen molar-refractivity contribution in [2.45, 2.75) is 25.7 Å². The zero-order valence-electron chi connectivity index (χ0n) is 19.1. The minimum Gasteiger partial charge on any atom is -0.465 e. The van der Waals surface area contributed by atoms with Gasteiger partial charge in [-0.1, -0.05) is 48.5 Å². The fourth-order valence-corrected chi connectivity index (χ4v) is 5.80. The van der Waals surface area contributed by atoms with E-state index in [1.165, 1.54) is 18.4 Å². The number of benzene rings is 3. The molecular weight excluding hydrogens is 462 g/mol. The monoisotopic (exact) mass is 485 g/mol. The van der Waals surface area contributed by atoms with Crippen molar-refractivity contribution >= 4 is 61.9 Å². The third-order valence-corrected chi connectivity index (χ3v) is 7.37. The van der Waals surface area contributed by atoms with Crippen LogP contribution in [0.15, 0.2) is 59.7 Å². The molecule has 2 N–H and O–H groups in total. The Morgan fingerprint density at radius 3 is 2.29 bits per heavy atom. The molecule has 0 bridgehead atoms. The molecule has 0 fully saturated rings. The first kappa shape index (κ1) is 22.7. The molecule has 1 aliphatic carbocycles. The van der Waals surface area contributed by atoms with E-state index in [9.17, 15) is 14.4 Å². The van der Waals surface area contributed by atoms with E-state index in [2.05, 4.69) is 21.9 Å². The van der Waals surface area contributed by atoms with Crippen LogP contribution in [0.2, 0.25) is 0 Å². The fraction of sp³-hybridized carbons (Fsp3) is 0.185. The number of methoxy groups -OCH3 is 1. The van der Waals surface area contributed by atoms with Gasteiger partial charge in [0, 0.05) is 10.4 Å². The van der Waals surface area contributed by atoms with Crippen LogP contribution in [0.5, 0.6) is 0 Å². The maximum Gasteiger partial charge on any atom is 0.341 e. The summed E-state index contributed by atoms with van der Waals surface area (Å²) in [5, 5.41) is 11.1. The molecule has 35 heavy (non-hydrogen) atoms. The number of hydrogen-bond acceptors (Lipinski definition) is 6. The molecule has 0 radical (unpaired) electrons. The lowest BCUT2D eigenvalue weighted by Crippen LogP contribution is -2.32. The third-order valence-electron chi connectivity index (χ3n) is 6.17. The van der Waals surface area contributed by atoms with Gasteiger partial charge >= 0.3 is 17.8 Å². The molecule has 0 saturated heterocycles. The molecule has 0 spiro atoms. The second kappa shape index (κ2) is 9.68. The maximum absolute atomic E-state index is 12.6. The average Bonchev–Trinajstić information content (AvgIpc) is 3.25. The Morgan fingerprint density at radius 1 is 0.943 bits per heavy atom. The molecule has 2 amide bonds. The minimum absolute atomic E-state index is 0.341. The lowest BCUT2D eigenvalue weighted by atomic mass is 9.95. The van der Waals surface area contributed by atoms with Crippen LogP contribution < -0.4 is 10.7 Å². The molecular formula is C27H23N3O4S. The van der Waals surface area contributed by atoms with E-state index in [0.717, 1.165) is 63.2 Å². The van der Waals surface area contributed by atoms with Gasteiger partial charge in [-0.15, -0.1) is 11.3 Å². The number of nitrogens with zero attached hydrogens (tertiary/aromatic N) is 1. The van der Waals surface area contributed by atoms with Crippen molar-refractivity contribution in [2.24, 2.45) is 5.10 Å². The number of nitrogens with one attached hydrogen (secondary N) is 2. The number of fused-ring (bicyclic) bond motifs is 3. The summed E-state index contributed by atoms with van der Waals surface area (Å²) in [6.45, 7) is 0. The topological polar surface area (TPSA) is 96.9 Å². The number of carbonyl (C=O) groups is 3. The van der Waals surface area contributed by atoms with Gasteiger partial charge in [0.25, 0.3) is 0 Å². The van der Waals surface area contributed by atoms with Gasteiger partial charge in [0.15, 0.2) is 0 Å². The first-order chi connectivity index (χ1) is 17.1. The number of thiophene rings is 1. The summed E-state index contributed by atoms with van der Waals surface area (Å²) in [5.74, 6) is -2.33. The van der Waals surface area contributed by atoms with Gasteiger partial charge in [-0.05, 0) is 58.9 Å². The van der Waals surface area contributed by atoms with Crippen LogP contribution in [0.25, 0.3) is 21.5 Å². The molecule has 0 saturated carbocycles. The lowest BCUT2D eigenvalue weighted by Gasteiger charge is -2.11.